The van der Waals surface area contributed by atoms with Crippen molar-refractivity contribution < 1.29 is 72.5 Å². The van der Waals surface area contributed by atoms with Crippen molar-refractivity contribution in [3.8, 4) is 0 Å². The van der Waals surface area contributed by atoms with E-state index >= 15 is 0 Å². The molecule has 1 saturated heterocycles. The lowest BCUT2D eigenvalue weighted by Crippen LogP contribution is -2.90. The minimum Gasteiger partial charge on any atom is -0.472 e. The van der Waals surface area contributed by atoms with E-state index in [1.165, 1.54) is 25.5 Å². The number of hydrogen-bond acceptors (Lipinski definition) is 15. The number of carbonyl (C=O) groups is 5. The van der Waals surface area contributed by atoms with E-state index in [4.69, 9.17) is 28.1 Å². The molecule has 2 heterocycles. The van der Waals surface area contributed by atoms with E-state index in [-0.39, 0.29) is 6.42 Å². The number of cyclic esters (lactones) is 1. The summed E-state index contributed by atoms with van der Waals surface area (Å²) in [6.07, 6.45) is -6.70. The van der Waals surface area contributed by atoms with Crippen LogP contribution in [-0.4, -0.2) is 98.6 Å². The fourth-order valence-corrected chi connectivity index (χ4v) is 11.2. The number of esters is 5. The van der Waals surface area contributed by atoms with Crippen molar-refractivity contribution in [2.75, 3.05) is 7.11 Å². The molecular weight excluding hydrogens is 636 g/mol. The second-order valence-electron chi connectivity index (χ2n) is 14.9. The van der Waals surface area contributed by atoms with Gasteiger partial charge in [-0.25, -0.2) is 4.79 Å². The molecule has 2 bridgehead atoms. The van der Waals surface area contributed by atoms with Crippen LogP contribution in [0.1, 0.15) is 72.5 Å². The summed E-state index contributed by atoms with van der Waals surface area (Å²) < 4.78 is 33.3. The highest BCUT2D eigenvalue weighted by atomic mass is 16.6. The van der Waals surface area contributed by atoms with Gasteiger partial charge < -0.3 is 48.5 Å². The van der Waals surface area contributed by atoms with E-state index in [1.807, 2.05) is 0 Å². The molecule has 0 spiro atoms. The maximum Gasteiger partial charge on any atom is 0.347 e. The van der Waals surface area contributed by atoms with Crippen LogP contribution in [0.3, 0.4) is 0 Å². The number of carbonyl (C=O) groups excluding carboxylic acids is 5. The van der Waals surface area contributed by atoms with Gasteiger partial charge in [-0.2, -0.15) is 0 Å². The molecule has 0 aromatic carbocycles. The van der Waals surface area contributed by atoms with Gasteiger partial charge in [0.2, 0.25) is 6.10 Å². The van der Waals surface area contributed by atoms with Gasteiger partial charge in [-0.15, -0.1) is 0 Å². The van der Waals surface area contributed by atoms with Crippen LogP contribution >= 0.6 is 0 Å². The van der Waals surface area contributed by atoms with Gasteiger partial charge in [-0.05, 0) is 12.5 Å². The zero-order valence-corrected chi connectivity index (χ0v) is 27.8. The molecule has 0 radical (unpaired) electrons. The van der Waals surface area contributed by atoms with Crippen LogP contribution in [0.15, 0.2) is 23.0 Å². The van der Waals surface area contributed by atoms with E-state index in [0.29, 0.717) is 5.56 Å². The minimum absolute atomic E-state index is 0.285. The smallest absolute Gasteiger partial charge is 0.347 e. The summed E-state index contributed by atoms with van der Waals surface area (Å²) in [6.45, 7) is 7.78. The first-order valence-corrected chi connectivity index (χ1v) is 15.9. The summed E-state index contributed by atoms with van der Waals surface area (Å²) in [4.78, 5) is 64.9. The lowest BCUT2D eigenvalue weighted by molar-refractivity contribution is -0.419. The molecule has 4 saturated carbocycles. The average Bonchev–Trinajstić information content (AvgIpc) is 3.64. The molecule has 0 amide bonds. The number of aliphatic hydroxyl groups is 4. The molecule has 15 heteroatoms. The van der Waals surface area contributed by atoms with Crippen LogP contribution in [0.25, 0.3) is 0 Å². The Labute approximate surface area is 275 Å². The Morgan fingerprint density at radius 2 is 1.60 bits per heavy atom. The molecule has 1 aromatic rings. The van der Waals surface area contributed by atoms with E-state index < -0.39 is 124 Å². The maximum absolute atomic E-state index is 13.5. The van der Waals surface area contributed by atoms with Crippen LogP contribution in [0, 0.1) is 34.0 Å². The second kappa shape index (κ2) is 10.5. The molecule has 5 fully saturated rings. The summed E-state index contributed by atoms with van der Waals surface area (Å²) in [6, 6.07) is 1.52. The third-order valence-corrected chi connectivity index (χ3v) is 12.8. The lowest BCUT2D eigenvalue weighted by atomic mass is 9.34. The first-order chi connectivity index (χ1) is 22.2. The van der Waals surface area contributed by atoms with Crippen molar-refractivity contribution in [3.05, 3.63) is 24.2 Å². The standard InChI is InChI=1S/C33H42O15/c1-14(34)45-22(27(39)43-7)23-28(4)13-31(40)21(25(28)46-15(2)35)26(47-16(3)36)33(42)18-10-20(38)48-24(17-8-9-44-12-17)29(18,5)19(37)11-32(33,41)30(23,31)6/h8-9,12,18-19,21-26,37,40-42H,10-11,13H2,1-7H3/t18-,19+,21+,22+,23+,24+,25-,26-,28-,29+,30-,31+,32+,33-/m1/s1. The van der Waals surface area contributed by atoms with E-state index in [9.17, 15) is 44.4 Å². The van der Waals surface area contributed by atoms with Crippen LogP contribution < -0.4 is 0 Å². The normalized spacial score (nSPS) is 47.6. The van der Waals surface area contributed by atoms with Gasteiger partial charge in [-0.3, -0.25) is 19.2 Å². The van der Waals surface area contributed by atoms with Crippen molar-refractivity contribution in [1.29, 1.82) is 0 Å². The Morgan fingerprint density at radius 3 is 2.15 bits per heavy atom. The Balaban J connectivity index is 1.69. The molecule has 15 nitrogen and oxygen atoms in total. The summed E-state index contributed by atoms with van der Waals surface area (Å²) >= 11 is 0. The van der Waals surface area contributed by atoms with E-state index in [0.717, 1.165) is 27.9 Å². The Bertz CT molecular complexity index is 1560. The fraction of sp³-hybridized carbons (Fsp3) is 0.727. The van der Waals surface area contributed by atoms with Crippen molar-refractivity contribution in [1.82, 2.24) is 0 Å². The van der Waals surface area contributed by atoms with Crippen molar-refractivity contribution >= 4 is 29.8 Å². The topological polar surface area (TPSA) is 226 Å². The third kappa shape index (κ3) is 3.86. The van der Waals surface area contributed by atoms with Gasteiger partial charge in [0.1, 0.15) is 29.5 Å². The number of ether oxygens (including phenoxy) is 5. The minimum atomic E-state index is -2.70. The Morgan fingerprint density at radius 1 is 0.979 bits per heavy atom. The molecule has 1 aromatic heterocycles. The van der Waals surface area contributed by atoms with Crippen LogP contribution in [0.5, 0.6) is 0 Å². The molecular formula is C33H42O15. The number of furan rings is 1. The number of rotatable bonds is 6. The maximum atomic E-state index is 13.5. The Kier molecular flexibility index (Phi) is 7.50. The lowest BCUT2D eigenvalue weighted by Gasteiger charge is -2.75. The van der Waals surface area contributed by atoms with E-state index in [1.54, 1.807) is 13.8 Å². The zero-order chi connectivity index (χ0) is 35.6. The first-order valence-electron chi connectivity index (χ1n) is 15.9. The Hall–Kier alpha value is -3.53. The zero-order valence-electron chi connectivity index (χ0n) is 27.8. The molecule has 264 valence electrons. The van der Waals surface area contributed by atoms with Crippen LogP contribution in [0.4, 0.5) is 0 Å². The molecule has 5 aliphatic rings. The summed E-state index contributed by atoms with van der Waals surface area (Å²) in [5.74, 6) is -8.81. The second-order valence-corrected chi connectivity index (χ2v) is 14.9. The summed E-state index contributed by atoms with van der Waals surface area (Å²) in [7, 11) is 1.06. The van der Waals surface area contributed by atoms with Gasteiger partial charge in [-0.1, -0.05) is 20.8 Å². The third-order valence-electron chi connectivity index (χ3n) is 12.8. The highest BCUT2D eigenvalue weighted by Crippen LogP contribution is 2.82. The summed E-state index contributed by atoms with van der Waals surface area (Å²) in [5, 5.41) is 52.0. The van der Waals surface area contributed by atoms with Gasteiger partial charge in [0.05, 0.1) is 43.7 Å². The van der Waals surface area contributed by atoms with E-state index in [2.05, 4.69) is 0 Å². The molecule has 4 N–H and O–H groups in total. The van der Waals surface area contributed by atoms with Crippen molar-refractivity contribution in [3.63, 3.8) is 0 Å². The monoisotopic (exact) mass is 678 g/mol. The molecule has 4 aliphatic carbocycles. The average molecular weight is 679 g/mol. The number of methoxy groups -OCH3 is 1. The van der Waals surface area contributed by atoms with Gasteiger partial charge in [0.25, 0.3) is 0 Å². The molecule has 1 aliphatic heterocycles. The first kappa shape index (κ1) is 34.3. The largest absolute Gasteiger partial charge is 0.472 e. The van der Waals surface area contributed by atoms with Crippen LogP contribution in [-0.2, 0) is 47.7 Å². The summed E-state index contributed by atoms with van der Waals surface area (Å²) in [5.41, 5.74) is -12.4. The molecule has 14 atom stereocenters. The van der Waals surface area contributed by atoms with Crippen molar-refractivity contribution in [2.24, 2.45) is 34.0 Å². The van der Waals surface area contributed by atoms with Crippen molar-refractivity contribution in [2.45, 2.75) is 108 Å². The molecule has 48 heavy (non-hydrogen) atoms. The highest BCUT2D eigenvalue weighted by molar-refractivity contribution is 5.80. The quantitative estimate of drug-likeness (QED) is 0.237. The SMILES string of the molecule is COC(=O)[C@@H](OC(C)=O)[C@H]1[C@@]2(C)C[C@]3(O)[C@@H]([C@H]2OC(C)=O)[C@@H](OC(C)=O)[C@]2(O)[C@@H]4CC(=O)O[C@@H](c5ccoc5)[C@]4(C)[C@@H](O)C[C@]2(O)[C@]13C. The number of aliphatic hydroxyl groups excluding tert-OH is 1. The molecule has 0 unspecified atom stereocenters. The fourth-order valence-electron chi connectivity index (χ4n) is 11.2. The van der Waals surface area contributed by atoms with Gasteiger partial charge in [0.15, 0.2) is 0 Å². The predicted octanol–water partition coefficient (Wildman–Crippen LogP) is 0.492. The number of fused-ring (bicyclic) bond motifs is 5. The number of hydrogen-bond donors (Lipinski definition) is 4. The van der Waals surface area contributed by atoms with Crippen LogP contribution in [0.2, 0.25) is 0 Å². The highest BCUT2D eigenvalue weighted by Gasteiger charge is 2.94. The predicted molar refractivity (Wildman–Crippen MR) is 156 cm³/mol. The van der Waals surface area contributed by atoms with Gasteiger partial charge in [0, 0.05) is 60.8 Å². The van der Waals surface area contributed by atoms with Gasteiger partial charge >= 0.3 is 29.8 Å². The molecule has 6 rings (SSSR count).